The molecule has 1 saturated heterocycles. The summed E-state index contributed by atoms with van der Waals surface area (Å²) in [7, 11) is 0. The van der Waals surface area contributed by atoms with Gasteiger partial charge in [0.05, 0.1) is 17.6 Å². The molecule has 0 saturated carbocycles. The number of hydrogen-bond donors (Lipinski definition) is 2. The van der Waals surface area contributed by atoms with E-state index < -0.39 is 17.9 Å². The van der Waals surface area contributed by atoms with E-state index in [1.807, 2.05) is 17.5 Å². The number of fused-ring (bicyclic) bond motifs is 2. The van der Waals surface area contributed by atoms with Crippen LogP contribution in [0.5, 0.6) is 0 Å². The molecule has 1 aromatic carbocycles. The van der Waals surface area contributed by atoms with Gasteiger partial charge in [0.1, 0.15) is 11.7 Å². The van der Waals surface area contributed by atoms with Crippen molar-refractivity contribution in [2.45, 2.75) is 32.4 Å². The van der Waals surface area contributed by atoms with E-state index in [9.17, 15) is 19.2 Å². The highest BCUT2D eigenvalue weighted by Crippen LogP contribution is 2.29. The Hall–Kier alpha value is -4.87. The quantitative estimate of drug-likeness (QED) is 0.415. The largest absolute Gasteiger partial charge is 0.322 e. The van der Waals surface area contributed by atoms with E-state index in [0.717, 1.165) is 16.9 Å². The number of aryl methyl sites for hydroxylation is 1. The summed E-state index contributed by atoms with van der Waals surface area (Å²) in [6, 6.07) is 8.13. The predicted octanol–water partition coefficient (Wildman–Crippen LogP) is 1.24. The van der Waals surface area contributed by atoms with Crippen molar-refractivity contribution in [3.05, 3.63) is 71.4 Å². The van der Waals surface area contributed by atoms with E-state index in [1.54, 1.807) is 36.5 Å². The zero-order valence-electron chi connectivity index (χ0n) is 19.1. The number of imide groups is 1. The molecule has 0 spiro atoms. The number of carbonyl (C=O) groups excluding carboxylic acids is 4. The maximum atomic E-state index is 13.1. The van der Waals surface area contributed by atoms with E-state index in [2.05, 4.69) is 25.9 Å². The lowest BCUT2D eigenvalue weighted by Gasteiger charge is -2.29. The van der Waals surface area contributed by atoms with Crippen molar-refractivity contribution < 1.29 is 19.2 Å². The van der Waals surface area contributed by atoms with Crippen LogP contribution in [0.2, 0.25) is 0 Å². The third-order valence-electron chi connectivity index (χ3n) is 6.57. The van der Waals surface area contributed by atoms with Gasteiger partial charge < -0.3 is 14.6 Å². The second-order valence-corrected chi connectivity index (χ2v) is 8.73. The first-order valence-corrected chi connectivity index (χ1v) is 11.3. The molecule has 0 aliphatic carbocycles. The first kappa shape index (κ1) is 21.6. The summed E-state index contributed by atoms with van der Waals surface area (Å²) in [4.78, 5) is 55.3. The second-order valence-electron chi connectivity index (χ2n) is 8.73. The topological polar surface area (TPSA) is 144 Å². The fourth-order valence-corrected chi connectivity index (χ4v) is 4.63. The third-order valence-corrected chi connectivity index (χ3v) is 6.57. The minimum Gasteiger partial charge on any atom is -0.322 e. The fraction of sp³-hybridized carbons (Fsp3) is 0.208. The number of amides is 4. The zero-order valence-corrected chi connectivity index (χ0v) is 19.1. The summed E-state index contributed by atoms with van der Waals surface area (Å²) in [5, 5.41) is 13.2. The maximum Gasteiger partial charge on any atom is 0.277 e. The molecule has 4 amide bonds. The number of pyridine rings is 1. The molecule has 1 fully saturated rings. The lowest BCUT2D eigenvalue weighted by molar-refractivity contribution is -0.136. The standard InChI is InChI=1S/C24H20N8O4/c1-13-17(4-6-20-25-8-9-30(13)20)26-22(34)18-12-32(29-28-18)15-3-2-14-11-31(24(36)16(14)10-15)19-5-7-21(33)27-23(19)35/h2-4,6,8-10,12,19H,5,7,11H2,1H3,(H,26,34)(H,27,33,35). The van der Waals surface area contributed by atoms with Crippen LogP contribution in [0.3, 0.4) is 0 Å². The molecule has 12 heteroatoms. The van der Waals surface area contributed by atoms with Crippen molar-refractivity contribution in [2.75, 3.05) is 5.32 Å². The van der Waals surface area contributed by atoms with Crippen LogP contribution in [0.25, 0.3) is 11.3 Å². The zero-order chi connectivity index (χ0) is 25.0. The van der Waals surface area contributed by atoms with Gasteiger partial charge in [0.25, 0.3) is 11.8 Å². The highest BCUT2D eigenvalue weighted by atomic mass is 16.2. The Morgan fingerprint density at radius 3 is 2.86 bits per heavy atom. The first-order valence-electron chi connectivity index (χ1n) is 11.3. The van der Waals surface area contributed by atoms with Crippen molar-refractivity contribution in [3.8, 4) is 5.69 Å². The van der Waals surface area contributed by atoms with Gasteiger partial charge >= 0.3 is 0 Å². The predicted molar refractivity (Wildman–Crippen MR) is 125 cm³/mol. The molecule has 3 aromatic heterocycles. The summed E-state index contributed by atoms with van der Waals surface area (Å²) in [5.41, 5.74) is 4.10. The van der Waals surface area contributed by atoms with Gasteiger partial charge in [-0.3, -0.25) is 24.5 Å². The van der Waals surface area contributed by atoms with E-state index >= 15 is 0 Å². The average Bonchev–Trinajstić information content (AvgIpc) is 3.60. The average molecular weight is 484 g/mol. The molecule has 36 heavy (non-hydrogen) atoms. The monoisotopic (exact) mass is 484 g/mol. The SMILES string of the molecule is Cc1c(NC(=O)c2cn(-c3ccc4c(c3)C(=O)N(C3CCC(=O)NC3=O)C4)nn2)ccc2nccn12. The lowest BCUT2D eigenvalue weighted by Crippen LogP contribution is -2.52. The molecule has 2 aliphatic heterocycles. The summed E-state index contributed by atoms with van der Waals surface area (Å²) in [6.07, 6.45) is 5.48. The normalized spacial score (nSPS) is 17.4. The number of rotatable bonds is 4. The molecule has 2 N–H and O–H groups in total. The number of imidazole rings is 1. The molecule has 180 valence electrons. The summed E-state index contributed by atoms with van der Waals surface area (Å²) in [6.45, 7) is 2.16. The molecular formula is C24H20N8O4. The number of aromatic nitrogens is 5. The Morgan fingerprint density at radius 2 is 2.03 bits per heavy atom. The van der Waals surface area contributed by atoms with Crippen LogP contribution in [-0.4, -0.2) is 58.9 Å². The van der Waals surface area contributed by atoms with Gasteiger partial charge in [-0.2, -0.15) is 0 Å². The van der Waals surface area contributed by atoms with Gasteiger partial charge in [0.15, 0.2) is 5.69 Å². The number of hydrogen-bond acceptors (Lipinski definition) is 7. The Morgan fingerprint density at radius 1 is 1.17 bits per heavy atom. The van der Waals surface area contributed by atoms with Crippen LogP contribution < -0.4 is 10.6 Å². The number of piperidine rings is 1. The van der Waals surface area contributed by atoms with E-state index in [4.69, 9.17) is 0 Å². The van der Waals surface area contributed by atoms with Crippen LogP contribution in [0.15, 0.2) is 48.9 Å². The molecule has 12 nitrogen and oxygen atoms in total. The van der Waals surface area contributed by atoms with Crippen molar-refractivity contribution in [1.82, 2.24) is 34.6 Å². The number of benzene rings is 1. The summed E-state index contributed by atoms with van der Waals surface area (Å²) in [5.74, 6) is -1.50. The number of anilines is 1. The van der Waals surface area contributed by atoms with Crippen molar-refractivity contribution >= 4 is 35.0 Å². The molecule has 0 bridgehead atoms. The third kappa shape index (κ3) is 3.50. The molecule has 5 heterocycles. The van der Waals surface area contributed by atoms with E-state index in [0.29, 0.717) is 23.4 Å². The van der Waals surface area contributed by atoms with Crippen LogP contribution in [0, 0.1) is 6.92 Å². The van der Waals surface area contributed by atoms with Crippen molar-refractivity contribution in [2.24, 2.45) is 0 Å². The van der Waals surface area contributed by atoms with Crippen LogP contribution in [0.1, 0.15) is 44.9 Å². The van der Waals surface area contributed by atoms with E-state index in [-0.39, 0.29) is 30.5 Å². The Kier molecular flexibility index (Phi) is 4.88. The number of nitrogens with one attached hydrogen (secondary N) is 2. The van der Waals surface area contributed by atoms with Gasteiger partial charge in [-0.1, -0.05) is 11.3 Å². The van der Waals surface area contributed by atoms with E-state index in [1.165, 1.54) is 15.8 Å². The molecule has 2 aliphatic rings. The number of carbonyl (C=O) groups is 4. The second kappa shape index (κ2) is 8.12. The van der Waals surface area contributed by atoms with Crippen LogP contribution in [-0.2, 0) is 16.1 Å². The maximum absolute atomic E-state index is 13.1. The molecule has 6 rings (SSSR count). The molecule has 1 atom stereocenters. The smallest absolute Gasteiger partial charge is 0.277 e. The van der Waals surface area contributed by atoms with Gasteiger partial charge in [0, 0.05) is 36.6 Å². The fourth-order valence-electron chi connectivity index (χ4n) is 4.63. The molecule has 1 unspecified atom stereocenters. The van der Waals surface area contributed by atoms with Crippen LogP contribution >= 0.6 is 0 Å². The Balaban J connectivity index is 1.21. The number of nitrogens with zero attached hydrogens (tertiary/aromatic N) is 6. The minimum absolute atomic E-state index is 0.108. The Labute approximate surface area is 203 Å². The summed E-state index contributed by atoms with van der Waals surface area (Å²) >= 11 is 0. The Bertz CT molecular complexity index is 1590. The first-order chi connectivity index (χ1) is 17.4. The molecular weight excluding hydrogens is 464 g/mol. The summed E-state index contributed by atoms with van der Waals surface area (Å²) < 4.78 is 3.29. The molecule has 0 radical (unpaired) electrons. The highest BCUT2D eigenvalue weighted by Gasteiger charge is 2.39. The van der Waals surface area contributed by atoms with Gasteiger partial charge in [-0.05, 0) is 43.2 Å². The van der Waals surface area contributed by atoms with Crippen molar-refractivity contribution in [3.63, 3.8) is 0 Å². The van der Waals surface area contributed by atoms with Gasteiger partial charge in [0.2, 0.25) is 11.8 Å². The van der Waals surface area contributed by atoms with Gasteiger partial charge in [-0.25, -0.2) is 9.67 Å². The highest BCUT2D eigenvalue weighted by molar-refractivity contribution is 6.05. The minimum atomic E-state index is -0.683. The van der Waals surface area contributed by atoms with Crippen molar-refractivity contribution in [1.29, 1.82) is 0 Å². The molecule has 4 aromatic rings. The van der Waals surface area contributed by atoms with Crippen LogP contribution in [0.4, 0.5) is 5.69 Å². The lowest BCUT2D eigenvalue weighted by atomic mass is 10.0. The van der Waals surface area contributed by atoms with Gasteiger partial charge in [-0.15, -0.1) is 5.10 Å².